The summed E-state index contributed by atoms with van der Waals surface area (Å²) in [6.45, 7) is 0. The van der Waals surface area contributed by atoms with Crippen LogP contribution in [-0.4, -0.2) is 30.8 Å². The van der Waals surface area contributed by atoms with Crippen LogP contribution in [0.4, 0.5) is 5.82 Å². The quantitative estimate of drug-likeness (QED) is 0.861. The third kappa shape index (κ3) is 3.06. The van der Waals surface area contributed by atoms with E-state index in [1.807, 2.05) is 0 Å². The molecule has 0 amide bonds. The first-order valence-corrected chi connectivity index (χ1v) is 8.16. The van der Waals surface area contributed by atoms with Gasteiger partial charge in [-0.1, -0.05) is 25.7 Å². The molecule has 2 N–H and O–H groups in total. The van der Waals surface area contributed by atoms with Crippen molar-refractivity contribution >= 4 is 15.8 Å². The summed E-state index contributed by atoms with van der Waals surface area (Å²) in [6.07, 6.45) is 7.92. The van der Waals surface area contributed by atoms with Gasteiger partial charge in [-0.05, 0) is 25.0 Å². The molecule has 0 aliphatic heterocycles. The molecule has 5 nitrogen and oxygen atoms in total. The van der Waals surface area contributed by atoms with Crippen LogP contribution in [0, 0.1) is 0 Å². The average Bonchev–Trinajstić information content (AvgIpc) is 2.67. The number of anilines is 1. The lowest BCUT2D eigenvalue weighted by atomic mass is 10.1. The highest BCUT2D eigenvalue weighted by Crippen LogP contribution is 2.27. The zero-order valence-electron chi connectivity index (χ0n) is 11.2. The van der Waals surface area contributed by atoms with Gasteiger partial charge in [0.05, 0.1) is 0 Å². The Morgan fingerprint density at radius 2 is 1.89 bits per heavy atom. The van der Waals surface area contributed by atoms with Crippen molar-refractivity contribution in [3.63, 3.8) is 0 Å². The number of pyridine rings is 1. The molecule has 1 aliphatic rings. The van der Waals surface area contributed by atoms with E-state index >= 15 is 0 Å². The Kier molecular flexibility index (Phi) is 4.42. The van der Waals surface area contributed by atoms with Gasteiger partial charge in [0.25, 0.3) is 0 Å². The van der Waals surface area contributed by atoms with Gasteiger partial charge in [-0.2, -0.15) is 4.31 Å². The summed E-state index contributed by atoms with van der Waals surface area (Å²) in [7, 11) is -1.89. The molecule has 2 rings (SSSR count). The molecular weight excluding hydrogens is 262 g/mol. The van der Waals surface area contributed by atoms with Gasteiger partial charge in [-0.15, -0.1) is 0 Å². The molecule has 1 aromatic rings. The molecule has 6 heteroatoms. The van der Waals surface area contributed by atoms with Crippen LogP contribution in [0.2, 0.25) is 0 Å². The molecule has 19 heavy (non-hydrogen) atoms. The van der Waals surface area contributed by atoms with Gasteiger partial charge in [0.2, 0.25) is 10.0 Å². The summed E-state index contributed by atoms with van der Waals surface area (Å²) in [6, 6.07) is 3.20. The molecule has 106 valence electrons. The molecule has 0 unspecified atom stereocenters. The number of aromatic nitrogens is 1. The molecule has 0 spiro atoms. The van der Waals surface area contributed by atoms with Gasteiger partial charge >= 0.3 is 0 Å². The van der Waals surface area contributed by atoms with E-state index in [4.69, 9.17) is 5.73 Å². The minimum Gasteiger partial charge on any atom is -0.383 e. The highest BCUT2D eigenvalue weighted by Gasteiger charge is 2.30. The second-order valence-electron chi connectivity index (χ2n) is 5.05. The first kappa shape index (κ1) is 14.3. The van der Waals surface area contributed by atoms with Crippen molar-refractivity contribution in [2.75, 3.05) is 12.8 Å². The van der Waals surface area contributed by atoms with Gasteiger partial charge < -0.3 is 5.73 Å². The lowest BCUT2D eigenvalue weighted by molar-refractivity contribution is 0.336. The Balaban J connectivity index is 2.26. The second-order valence-corrected chi connectivity index (χ2v) is 7.02. The number of hydrogen-bond donors (Lipinski definition) is 1. The predicted molar refractivity (Wildman–Crippen MR) is 75.1 cm³/mol. The molecule has 0 saturated heterocycles. The molecule has 1 heterocycles. The average molecular weight is 283 g/mol. The fourth-order valence-electron chi connectivity index (χ4n) is 2.59. The molecule has 0 aromatic carbocycles. The number of nitrogens with two attached hydrogens (primary N) is 1. The number of hydrogen-bond acceptors (Lipinski definition) is 4. The smallest absolute Gasteiger partial charge is 0.246 e. The topological polar surface area (TPSA) is 76.3 Å². The Hall–Kier alpha value is -1.14. The maximum absolute atomic E-state index is 12.6. The third-order valence-corrected chi connectivity index (χ3v) is 5.75. The van der Waals surface area contributed by atoms with Crippen molar-refractivity contribution in [3.05, 3.63) is 18.3 Å². The largest absolute Gasteiger partial charge is 0.383 e. The molecule has 0 bridgehead atoms. The summed E-state index contributed by atoms with van der Waals surface area (Å²) in [5, 5.41) is 0. The molecule has 1 aliphatic carbocycles. The Bertz CT molecular complexity index is 522. The molecule has 1 saturated carbocycles. The first-order chi connectivity index (χ1) is 9.03. The summed E-state index contributed by atoms with van der Waals surface area (Å²) in [5.74, 6) is 0.0722. The Morgan fingerprint density at radius 3 is 2.47 bits per heavy atom. The van der Waals surface area contributed by atoms with E-state index in [0.29, 0.717) is 0 Å². The van der Waals surface area contributed by atoms with Gasteiger partial charge in [0.1, 0.15) is 10.7 Å². The van der Waals surface area contributed by atoms with Crippen LogP contribution in [0.1, 0.15) is 38.5 Å². The summed E-state index contributed by atoms with van der Waals surface area (Å²) >= 11 is 0. The van der Waals surface area contributed by atoms with Crippen LogP contribution in [-0.2, 0) is 10.0 Å². The maximum atomic E-state index is 12.6. The number of sulfonamides is 1. The van der Waals surface area contributed by atoms with Crippen molar-refractivity contribution in [1.29, 1.82) is 0 Å². The number of nitrogens with zero attached hydrogens (tertiary/aromatic N) is 2. The summed E-state index contributed by atoms with van der Waals surface area (Å²) in [4.78, 5) is 3.98. The van der Waals surface area contributed by atoms with Crippen LogP contribution < -0.4 is 5.73 Å². The number of nitrogen functional groups attached to an aromatic ring is 1. The second kappa shape index (κ2) is 5.88. The van der Waals surface area contributed by atoms with Crippen LogP contribution in [0.15, 0.2) is 23.2 Å². The molecular formula is C13H21N3O2S. The van der Waals surface area contributed by atoms with Gasteiger partial charge in [0, 0.05) is 19.3 Å². The molecule has 1 fully saturated rings. The highest BCUT2D eigenvalue weighted by atomic mass is 32.2. The fraction of sp³-hybridized carbons (Fsp3) is 0.615. The Morgan fingerprint density at radius 1 is 1.26 bits per heavy atom. The van der Waals surface area contributed by atoms with Crippen LogP contribution in [0.5, 0.6) is 0 Å². The SMILES string of the molecule is CN(C1CCCCCC1)S(=O)(=O)c1cccnc1N. The van der Waals surface area contributed by atoms with Gasteiger partial charge in [-0.3, -0.25) is 0 Å². The van der Waals surface area contributed by atoms with E-state index in [1.165, 1.54) is 29.4 Å². The maximum Gasteiger partial charge on any atom is 0.246 e. The van der Waals surface area contributed by atoms with Crippen LogP contribution in [0.3, 0.4) is 0 Å². The first-order valence-electron chi connectivity index (χ1n) is 6.72. The van der Waals surface area contributed by atoms with E-state index in [1.54, 1.807) is 13.1 Å². The fourth-order valence-corrected chi connectivity index (χ4v) is 4.07. The third-order valence-electron chi connectivity index (χ3n) is 3.80. The van der Waals surface area contributed by atoms with E-state index in [-0.39, 0.29) is 16.8 Å². The molecule has 1 aromatic heterocycles. The van der Waals surface area contributed by atoms with Crippen LogP contribution in [0.25, 0.3) is 0 Å². The summed E-state index contributed by atoms with van der Waals surface area (Å²) in [5.41, 5.74) is 5.69. The van der Waals surface area contributed by atoms with Gasteiger partial charge in [0.15, 0.2) is 0 Å². The zero-order valence-corrected chi connectivity index (χ0v) is 12.1. The molecule has 0 atom stereocenters. The number of rotatable bonds is 3. The minimum atomic E-state index is -3.54. The summed E-state index contributed by atoms with van der Waals surface area (Å²) < 4.78 is 26.6. The minimum absolute atomic E-state index is 0.0722. The van der Waals surface area contributed by atoms with Crippen molar-refractivity contribution in [2.24, 2.45) is 0 Å². The molecule has 0 radical (unpaired) electrons. The Labute approximate surface area is 114 Å². The lowest BCUT2D eigenvalue weighted by Gasteiger charge is -2.26. The lowest BCUT2D eigenvalue weighted by Crippen LogP contribution is -2.37. The monoisotopic (exact) mass is 283 g/mol. The van der Waals surface area contributed by atoms with Crippen LogP contribution >= 0.6 is 0 Å². The van der Waals surface area contributed by atoms with Crippen molar-refractivity contribution < 1.29 is 8.42 Å². The van der Waals surface area contributed by atoms with E-state index in [2.05, 4.69) is 4.98 Å². The normalized spacial score (nSPS) is 18.4. The standard InChI is InChI=1S/C13H21N3O2S/c1-16(11-7-4-2-3-5-8-11)19(17,18)12-9-6-10-15-13(12)14/h6,9-11H,2-5,7-8H2,1H3,(H2,14,15). The highest BCUT2D eigenvalue weighted by molar-refractivity contribution is 7.89. The van der Waals surface area contributed by atoms with E-state index < -0.39 is 10.0 Å². The van der Waals surface area contributed by atoms with E-state index in [9.17, 15) is 8.42 Å². The van der Waals surface area contributed by atoms with Gasteiger partial charge in [-0.25, -0.2) is 13.4 Å². The predicted octanol–water partition coefficient (Wildman–Crippen LogP) is 2.01. The van der Waals surface area contributed by atoms with Crippen molar-refractivity contribution in [3.8, 4) is 0 Å². The van der Waals surface area contributed by atoms with E-state index in [0.717, 1.165) is 25.7 Å². The van der Waals surface area contributed by atoms with Crippen molar-refractivity contribution in [1.82, 2.24) is 9.29 Å². The van der Waals surface area contributed by atoms with Crippen molar-refractivity contribution in [2.45, 2.75) is 49.5 Å². The zero-order chi connectivity index (χ0) is 13.9.